The Morgan fingerprint density at radius 3 is 2.75 bits per heavy atom. The Hall–Kier alpha value is -1.45. The Morgan fingerprint density at radius 1 is 1.46 bits per heavy atom. The van der Waals surface area contributed by atoms with Gasteiger partial charge >= 0.3 is 5.97 Å². The molecule has 2 atom stereocenters. The highest BCUT2D eigenvalue weighted by molar-refractivity contribution is 7.91. The Morgan fingerprint density at radius 2 is 2.17 bits per heavy atom. The number of sulfonamides is 1. The van der Waals surface area contributed by atoms with E-state index in [0.717, 1.165) is 4.88 Å². The maximum Gasteiger partial charge on any atom is 0.305 e. The number of amides is 1. The molecule has 1 aliphatic rings. The van der Waals surface area contributed by atoms with Crippen LogP contribution in [0.1, 0.15) is 31.1 Å². The molecule has 0 aromatic carbocycles. The van der Waals surface area contributed by atoms with Crippen LogP contribution in [0.4, 0.5) is 0 Å². The number of carbonyl (C=O) groups is 2. The number of aliphatic carboxylic acids is 1. The van der Waals surface area contributed by atoms with Gasteiger partial charge in [0, 0.05) is 24.0 Å². The molecule has 7 nitrogen and oxygen atoms in total. The SMILES string of the molecule is Cc1ccc(S(=O)(=O)N2CCCC(C(=O)NC(C)CC(=O)O)C2)s1. The molecule has 2 unspecified atom stereocenters. The van der Waals surface area contributed by atoms with Crippen LogP contribution in [-0.2, 0) is 19.6 Å². The van der Waals surface area contributed by atoms with Gasteiger partial charge in [-0.25, -0.2) is 8.42 Å². The van der Waals surface area contributed by atoms with Crippen molar-refractivity contribution >= 4 is 33.2 Å². The molecule has 1 aromatic rings. The number of nitrogens with one attached hydrogen (secondary N) is 1. The first kappa shape index (κ1) is 18.9. The van der Waals surface area contributed by atoms with Gasteiger partial charge in [-0.15, -0.1) is 11.3 Å². The summed E-state index contributed by atoms with van der Waals surface area (Å²) in [6.45, 7) is 4.00. The molecule has 2 rings (SSSR count). The number of rotatable bonds is 6. The van der Waals surface area contributed by atoms with Crippen molar-refractivity contribution in [2.24, 2.45) is 5.92 Å². The number of hydrogen-bond acceptors (Lipinski definition) is 5. The van der Waals surface area contributed by atoms with E-state index in [1.54, 1.807) is 19.1 Å². The monoisotopic (exact) mass is 374 g/mol. The number of piperidine rings is 1. The molecule has 2 N–H and O–H groups in total. The Kier molecular flexibility index (Phi) is 6.00. The third-order valence-electron chi connectivity index (χ3n) is 3.93. The summed E-state index contributed by atoms with van der Waals surface area (Å²) >= 11 is 1.22. The molecule has 1 amide bonds. The van der Waals surface area contributed by atoms with Crippen LogP contribution in [0.25, 0.3) is 0 Å². The maximum absolute atomic E-state index is 12.7. The molecule has 1 aromatic heterocycles. The third-order valence-corrected chi connectivity index (χ3v) is 7.27. The molecule has 0 bridgehead atoms. The lowest BCUT2D eigenvalue weighted by Gasteiger charge is -2.31. The molecular weight excluding hydrogens is 352 g/mol. The van der Waals surface area contributed by atoms with Crippen molar-refractivity contribution in [2.45, 2.75) is 43.4 Å². The predicted octanol–water partition coefficient (Wildman–Crippen LogP) is 1.44. The topological polar surface area (TPSA) is 104 Å². The molecule has 0 spiro atoms. The lowest BCUT2D eigenvalue weighted by molar-refractivity contribution is -0.137. The molecule has 1 aliphatic heterocycles. The Balaban J connectivity index is 2.03. The number of thiophene rings is 1. The predicted molar refractivity (Wildman–Crippen MR) is 90.4 cm³/mol. The van der Waals surface area contributed by atoms with Gasteiger partial charge in [0.25, 0.3) is 10.0 Å². The van der Waals surface area contributed by atoms with Crippen molar-refractivity contribution in [1.82, 2.24) is 9.62 Å². The summed E-state index contributed by atoms with van der Waals surface area (Å²) in [4.78, 5) is 23.9. The van der Waals surface area contributed by atoms with Gasteiger partial charge in [0.1, 0.15) is 4.21 Å². The van der Waals surface area contributed by atoms with E-state index >= 15 is 0 Å². The van der Waals surface area contributed by atoms with Crippen LogP contribution in [0.3, 0.4) is 0 Å². The highest BCUT2D eigenvalue weighted by Gasteiger charge is 2.34. The van der Waals surface area contributed by atoms with Crippen LogP contribution in [0.5, 0.6) is 0 Å². The molecule has 0 saturated carbocycles. The van der Waals surface area contributed by atoms with Gasteiger partial charge < -0.3 is 10.4 Å². The summed E-state index contributed by atoms with van der Waals surface area (Å²) in [7, 11) is -3.58. The van der Waals surface area contributed by atoms with Gasteiger partial charge in [0.2, 0.25) is 5.91 Å². The smallest absolute Gasteiger partial charge is 0.305 e. The second-order valence-electron chi connectivity index (χ2n) is 6.07. The minimum atomic E-state index is -3.58. The lowest BCUT2D eigenvalue weighted by atomic mass is 9.98. The average molecular weight is 374 g/mol. The second-order valence-corrected chi connectivity index (χ2v) is 9.53. The average Bonchev–Trinajstić information content (AvgIpc) is 2.93. The summed E-state index contributed by atoms with van der Waals surface area (Å²) in [5.41, 5.74) is 0. The highest BCUT2D eigenvalue weighted by atomic mass is 32.2. The highest BCUT2D eigenvalue weighted by Crippen LogP contribution is 2.28. The number of carbonyl (C=O) groups excluding carboxylic acids is 1. The van der Waals surface area contributed by atoms with Crippen molar-refractivity contribution in [2.75, 3.05) is 13.1 Å². The van der Waals surface area contributed by atoms with Crippen LogP contribution < -0.4 is 5.32 Å². The first-order valence-electron chi connectivity index (χ1n) is 7.79. The molecule has 1 fully saturated rings. The van der Waals surface area contributed by atoms with Crippen LogP contribution in [-0.4, -0.2) is 48.8 Å². The Bertz CT molecular complexity index is 713. The van der Waals surface area contributed by atoms with Crippen molar-refractivity contribution in [1.29, 1.82) is 0 Å². The molecule has 0 aliphatic carbocycles. The van der Waals surface area contributed by atoms with Crippen LogP contribution >= 0.6 is 11.3 Å². The second kappa shape index (κ2) is 7.62. The standard InChI is InChI=1S/C15H22N2O5S2/c1-10(8-13(18)19)16-15(20)12-4-3-7-17(9-12)24(21,22)14-6-5-11(2)23-14/h5-6,10,12H,3-4,7-9H2,1-2H3,(H,16,20)(H,18,19). The third kappa shape index (κ3) is 4.55. The quantitative estimate of drug-likeness (QED) is 0.784. The molecule has 24 heavy (non-hydrogen) atoms. The maximum atomic E-state index is 12.7. The van der Waals surface area contributed by atoms with E-state index in [-0.39, 0.29) is 18.9 Å². The molecular formula is C15H22N2O5S2. The zero-order chi connectivity index (χ0) is 17.9. The van der Waals surface area contributed by atoms with Gasteiger partial charge in [0.15, 0.2) is 0 Å². The van der Waals surface area contributed by atoms with Crippen molar-refractivity contribution < 1.29 is 23.1 Å². The van der Waals surface area contributed by atoms with Crippen LogP contribution in [0.15, 0.2) is 16.3 Å². The fraction of sp³-hybridized carbons (Fsp3) is 0.600. The zero-order valence-electron chi connectivity index (χ0n) is 13.7. The van der Waals surface area contributed by atoms with E-state index in [4.69, 9.17) is 5.11 Å². The van der Waals surface area contributed by atoms with Gasteiger partial charge in [-0.1, -0.05) is 0 Å². The fourth-order valence-electron chi connectivity index (χ4n) is 2.73. The number of nitrogens with zero attached hydrogens (tertiary/aromatic N) is 1. The van der Waals surface area contributed by atoms with Crippen LogP contribution in [0.2, 0.25) is 0 Å². The molecule has 134 valence electrons. The van der Waals surface area contributed by atoms with E-state index < -0.39 is 28.0 Å². The van der Waals surface area contributed by atoms with Crippen molar-refractivity contribution in [3.05, 3.63) is 17.0 Å². The minimum Gasteiger partial charge on any atom is -0.481 e. The van der Waals surface area contributed by atoms with Gasteiger partial charge in [-0.3, -0.25) is 9.59 Å². The molecule has 1 saturated heterocycles. The van der Waals surface area contributed by atoms with Crippen molar-refractivity contribution in [3.8, 4) is 0 Å². The van der Waals surface area contributed by atoms with E-state index in [9.17, 15) is 18.0 Å². The zero-order valence-corrected chi connectivity index (χ0v) is 15.3. The van der Waals surface area contributed by atoms with E-state index in [1.807, 2.05) is 6.92 Å². The first-order chi connectivity index (χ1) is 11.2. The number of carboxylic acids is 1. The largest absolute Gasteiger partial charge is 0.481 e. The molecule has 2 heterocycles. The van der Waals surface area contributed by atoms with Crippen LogP contribution in [0, 0.1) is 12.8 Å². The van der Waals surface area contributed by atoms with Gasteiger partial charge in [0.05, 0.1) is 12.3 Å². The molecule has 9 heteroatoms. The summed E-state index contributed by atoms with van der Waals surface area (Å²) in [5, 5.41) is 11.4. The van der Waals surface area contributed by atoms with Gasteiger partial charge in [-0.2, -0.15) is 4.31 Å². The van der Waals surface area contributed by atoms with E-state index in [2.05, 4.69) is 5.32 Å². The van der Waals surface area contributed by atoms with Crippen molar-refractivity contribution in [3.63, 3.8) is 0 Å². The van der Waals surface area contributed by atoms with E-state index in [0.29, 0.717) is 23.6 Å². The summed E-state index contributed by atoms with van der Waals surface area (Å²) in [6, 6.07) is 2.87. The number of carboxylic acid groups (broad SMARTS) is 1. The summed E-state index contributed by atoms with van der Waals surface area (Å²) in [6.07, 6.45) is 1.05. The fourth-order valence-corrected chi connectivity index (χ4v) is 5.69. The summed E-state index contributed by atoms with van der Waals surface area (Å²) < 4.78 is 27.0. The van der Waals surface area contributed by atoms with Gasteiger partial charge in [-0.05, 0) is 38.8 Å². The Labute approximate surface area is 145 Å². The first-order valence-corrected chi connectivity index (χ1v) is 10.0. The van der Waals surface area contributed by atoms with E-state index in [1.165, 1.54) is 15.6 Å². The number of aryl methyl sites for hydroxylation is 1. The molecule has 0 radical (unpaired) electrons. The number of hydrogen-bond donors (Lipinski definition) is 2. The minimum absolute atomic E-state index is 0.130. The normalized spacial score (nSPS) is 20.5. The summed E-state index contributed by atoms with van der Waals surface area (Å²) in [5.74, 6) is -1.72. The lowest BCUT2D eigenvalue weighted by Crippen LogP contribution is -2.47.